The normalized spacial score (nSPS) is 19.2. The van der Waals surface area contributed by atoms with Gasteiger partial charge in [-0.1, -0.05) is 0 Å². The van der Waals surface area contributed by atoms with E-state index in [1.54, 1.807) is 0 Å². The van der Waals surface area contributed by atoms with Gasteiger partial charge in [-0.15, -0.1) is 0 Å². The van der Waals surface area contributed by atoms with Gasteiger partial charge in [-0.2, -0.15) is 0 Å². The second kappa shape index (κ2) is 5.80. The number of aromatic amines is 1. The van der Waals surface area contributed by atoms with Crippen LogP contribution in [0.1, 0.15) is 75.3 Å². The van der Waals surface area contributed by atoms with Crippen molar-refractivity contribution in [3.8, 4) is 0 Å². The lowest BCUT2D eigenvalue weighted by atomic mass is 9.90. The minimum absolute atomic E-state index is 0.217. The number of allylic oxidation sites excluding steroid dienone is 2. The van der Waals surface area contributed by atoms with Crippen LogP contribution in [0.5, 0.6) is 0 Å². The van der Waals surface area contributed by atoms with Crippen LogP contribution in [-0.4, -0.2) is 22.5 Å². The average Bonchev–Trinajstić information content (AvgIpc) is 2.86. The van der Waals surface area contributed by atoms with Gasteiger partial charge in [0.25, 0.3) is 0 Å². The Labute approximate surface area is 143 Å². The van der Waals surface area contributed by atoms with Gasteiger partial charge in [-0.3, -0.25) is 4.79 Å². The maximum atomic E-state index is 12.4. The Morgan fingerprint density at radius 1 is 1.17 bits per heavy atom. The number of carbonyl (C=O) groups excluding carboxylic acids is 2. The van der Waals surface area contributed by atoms with Crippen molar-refractivity contribution in [2.45, 2.75) is 67.4 Å². The number of aromatic nitrogens is 1. The molecule has 0 spiro atoms. The lowest BCUT2D eigenvalue weighted by Gasteiger charge is -2.19. The molecule has 1 aliphatic rings. The topological polar surface area (TPSA) is 68.4 Å². The molecule has 5 heteroatoms. The highest BCUT2D eigenvalue weighted by Gasteiger charge is 2.40. The Balaban J connectivity index is 2.42. The lowest BCUT2D eigenvalue weighted by Crippen LogP contribution is -2.24. The molecule has 2 rings (SSSR count). The molecule has 24 heavy (non-hydrogen) atoms. The number of rotatable bonds is 2. The Hall–Kier alpha value is -2.04. The molecule has 0 saturated carbocycles. The van der Waals surface area contributed by atoms with Crippen LogP contribution < -0.4 is 0 Å². The SMILES string of the molecule is C/C(=C1\CC(C)(C)C(=O)O1)c1[nH]c(C(=O)OC(C)(C)C)c(C)c1C. The van der Waals surface area contributed by atoms with Crippen molar-refractivity contribution >= 4 is 17.5 Å². The molecule has 0 atom stereocenters. The summed E-state index contributed by atoms with van der Waals surface area (Å²) in [7, 11) is 0. The van der Waals surface area contributed by atoms with Crippen LogP contribution >= 0.6 is 0 Å². The summed E-state index contributed by atoms with van der Waals surface area (Å²) >= 11 is 0. The summed E-state index contributed by atoms with van der Waals surface area (Å²) in [5, 5.41) is 0. The fraction of sp³-hybridized carbons (Fsp3) is 0.579. The molecule has 1 aromatic heterocycles. The summed E-state index contributed by atoms with van der Waals surface area (Å²) in [5.74, 6) is 0.0612. The van der Waals surface area contributed by atoms with E-state index in [0.717, 1.165) is 22.4 Å². The highest BCUT2D eigenvalue weighted by Crippen LogP contribution is 2.39. The van der Waals surface area contributed by atoms with Crippen LogP contribution in [0.15, 0.2) is 5.76 Å². The van der Waals surface area contributed by atoms with Crippen molar-refractivity contribution in [3.63, 3.8) is 0 Å². The average molecular weight is 333 g/mol. The molecular formula is C19H27NO4. The molecule has 1 fully saturated rings. The first-order valence-electron chi connectivity index (χ1n) is 8.18. The number of hydrogen-bond donors (Lipinski definition) is 1. The summed E-state index contributed by atoms with van der Waals surface area (Å²) in [6.45, 7) is 15.0. The van der Waals surface area contributed by atoms with Crippen molar-refractivity contribution in [2.75, 3.05) is 0 Å². The van der Waals surface area contributed by atoms with Crippen LogP contribution in [0.3, 0.4) is 0 Å². The fourth-order valence-corrected chi connectivity index (χ4v) is 2.70. The number of H-pyrrole nitrogens is 1. The number of carbonyl (C=O) groups is 2. The lowest BCUT2D eigenvalue weighted by molar-refractivity contribution is -0.142. The smallest absolute Gasteiger partial charge is 0.355 e. The molecule has 0 aromatic carbocycles. The van der Waals surface area contributed by atoms with Crippen LogP contribution in [-0.2, 0) is 14.3 Å². The van der Waals surface area contributed by atoms with Gasteiger partial charge in [0.05, 0.1) is 5.41 Å². The van der Waals surface area contributed by atoms with Crippen molar-refractivity contribution in [1.82, 2.24) is 4.98 Å². The minimum atomic E-state index is -0.554. The minimum Gasteiger partial charge on any atom is -0.455 e. The van der Waals surface area contributed by atoms with Crippen LogP contribution in [0, 0.1) is 19.3 Å². The van der Waals surface area contributed by atoms with Crippen molar-refractivity contribution in [1.29, 1.82) is 0 Å². The zero-order valence-electron chi connectivity index (χ0n) is 15.8. The summed E-state index contributed by atoms with van der Waals surface area (Å²) in [6.07, 6.45) is 0.553. The van der Waals surface area contributed by atoms with Crippen LogP contribution in [0.2, 0.25) is 0 Å². The van der Waals surface area contributed by atoms with E-state index < -0.39 is 11.0 Å². The fourth-order valence-electron chi connectivity index (χ4n) is 2.70. The maximum Gasteiger partial charge on any atom is 0.355 e. The van der Waals surface area contributed by atoms with Gasteiger partial charge in [0.2, 0.25) is 0 Å². The summed E-state index contributed by atoms with van der Waals surface area (Å²) in [4.78, 5) is 27.5. The number of hydrogen-bond acceptors (Lipinski definition) is 4. The number of nitrogens with one attached hydrogen (secondary N) is 1. The van der Waals surface area contributed by atoms with Crippen molar-refractivity contribution in [3.05, 3.63) is 28.3 Å². The number of esters is 2. The molecule has 1 saturated heterocycles. The van der Waals surface area contributed by atoms with Gasteiger partial charge in [-0.25, -0.2) is 4.79 Å². The van der Waals surface area contributed by atoms with Gasteiger partial charge in [-0.05, 0) is 66.5 Å². The molecule has 2 heterocycles. The van der Waals surface area contributed by atoms with E-state index in [1.165, 1.54) is 0 Å². The van der Waals surface area contributed by atoms with Crippen LogP contribution in [0.4, 0.5) is 0 Å². The van der Waals surface area contributed by atoms with E-state index >= 15 is 0 Å². The Morgan fingerprint density at radius 2 is 1.71 bits per heavy atom. The molecule has 5 nitrogen and oxygen atoms in total. The van der Waals surface area contributed by atoms with E-state index in [1.807, 2.05) is 55.4 Å². The molecule has 0 amide bonds. The quantitative estimate of drug-likeness (QED) is 0.820. The second-order valence-corrected chi connectivity index (χ2v) is 8.13. The zero-order chi connectivity index (χ0) is 18.4. The van der Waals surface area contributed by atoms with Crippen molar-refractivity contribution in [2.24, 2.45) is 5.41 Å². The van der Waals surface area contributed by atoms with E-state index in [0.29, 0.717) is 17.9 Å². The first-order chi connectivity index (χ1) is 10.8. The first-order valence-corrected chi connectivity index (χ1v) is 8.18. The standard InChI is InChI=1S/C19H27NO4/c1-10-11(2)15(16(21)24-18(4,5)6)20-14(10)12(3)13-9-19(7,8)17(22)23-13/h20H,9H2,1-8H3/b13-12-. The van der Waals surface area contributed by atoms with Crippen molar-refractivity contribution < 1.29 is 19.1 Å². The zero-order valence-corrected chi connectivity index (χ0v) is 15.8. The summed E-state index contributed by atoms with van der Waals surface area (Å²) in [6, 6.07) is 0. The summed E-state index contributed by atoms with van der Waals surface area (Å²) in [5.41, 5.74) is 2.85. The predicted octanol–water partition coefficient (Wildman–Crippen LogP) is 4.29. The third-order valence-electron chi connectivity index (χ3n) is 4.33. The largest absolute Gasteiger partial charge is 0.455 e. The molecule has 132 valence electrons. The summed E-state index contributed by atoms with van der Waals surface area (Å²) < 4.78 is 10.9. The van der Waals surface area contributed by atoms with E-state index in [-0.39, 0.29) is 11.9 Å². The third-order valence-corrected chi connectivity index (χ3v) is 4.33. The van der Waals surface area contributed by atoms with E-state index in [4.69, 9.17) is 9.47 Å². The van der Waals surface area contributed by atoms with Gasteiger partial charge >= 0.3 is 11.9 Å². The molecule has 1 aromatic rings. The van der Waals surface area contributed by atoms with Gasteiger partial charge in [0.15, 0.2) is 0 Å². The highest BCUT2D eigenvalue weighted by molar-refractivity contribution is 5.91. The number of cyclic esters (lactones) is 1. The molecule has 1 aliphatic heterocycles. The number of ether oxygens (including phenoxy) is 2. The van der Waals surface area contributed by atoms with Gasteiger partial charge in [0.1, 0.15) is 17.1 Å². The van der Waals surface area contributed by atoms with Crippen LogP contribution in [0.25, 0.3) is 5.57 Å². The molecule has 0 radical (unpaired) electrons. The Bertz CT molecular complexity index is 729. The molecule has 0 bridgehead atoms. The predicted molar refractivity (Wildman–Crippen MR) is 92.5 cm³/mol. The van der Waals surface area contributed by atoms with Gasteiger partial charge in [0, 0.05) is 17.7 Å². The van der Waals surface area contributed by atoms with Gasteiger partial charge < -0.3 is 14.5 Å². The Morgan fingerprint density at radius 3 is 2.17 bits per heavy atom. The first kappa shape index (κ1) is 18.3. The maximum absolute atomic E-state index is 12.4. The second-order valence-electron chi connectivity index (χ2n) is 8.13. The van der Waals surface area contributed by atoms with E-state index in [2.05, 4.69) is 4.98 Å². The third kappa shape index (κ3) is 3.40. The monoisotopic (exact) mass is 333 g/mol. The molecule has 1 N–H and O–H groups in total. The molecular weight excluding hydrogens is 306 g/mol. The highest BCUT2D eigenvalue weighted by atomic mass is 16.6. The van der Waals surface area contributed by atoms with E-state index in [9.17, 15) is 9.59 Å². The Kier molecular flexibility index (Phi) is 4.42. The molecule has 0 unspecified atom stereocenters. The molecule has 0 aliphatic carbocycles.